The molecule has 1 aromatic rings. The van der Waals surface area contributed by atoms with Crippen molar-refractivity contribution in [3.63, 3.8) is 0 Å². The Bertz CT molecular complexity index is 598. The van der Waals surface area contributed by atoms with E-state index in [0.717, 1.165) is 16.2 Å². The van der Waals surface area contributed by atoms with Gasteiger partial charge >= 0.3 is 0 Å². The quantitative estimate of drug-likeness (QED) is 0.869. The van der Waals surface area contributed by atoms with Gasteiger partial charge in [-0.05, 0) is 39.0 Å². The van der Waals surface area contributed by atoms with Gasteiger partial charge in [-0.2, -0.15) is 0 Å². The van der Waals surface area contributed by atoms with Crippen molar-refractivity contribution >= 4 is 29.3 Å². The molecule has 4 nitrogen and oxygen atoms in total. The minimum atomic E-state index is -0.102. The van der Waals surface area contributed by atoms with Crippen LogP contribution in [0.15, 0.2) is 35.2 Å². The summed E-state index contributed by atoms with van der Waals surface area (Å²) in [5.74, 6) is -0.0625. The Kier molecular flexibility index (Phi) is 4.73. The van der Waals surface area contributed by atoms with Crippen LogP contribution in [0.1, 0.15) is 31.1 Å². The van der Waals surface area contributed by atoms with E-state index in [9.17, 15) is 9.59 Å². The van der Waals surface area contributed by atoms with E-state index in [0.29, 0.717) is 18.7 Å². The molecule has 0 aromatic heterocycles. The Morgan fingerprint density at radius 2 is 2.19 bits per heavy atom. The molecule has 0 saturated carbocycles. The zero-order chi connectivity index (χ0) is 15.6. The summed E-state index contributed by atoms with van der Waals surface area (Å²) in [6.45, 7) is 10.7. The zero-order valence-corrected chi connectivity index (χ0v) is 13.4. The van der Waals surface area contributed by atoms with Crippen LogP contribution >= 0.6 is 11.8 Å². The van der Waals surface area contributed by atoms with Crippen LogP contribution < -0.4 is 5.32 Å². The van der Waals surface area contributed by atoms with Gasteiger partial charge in [-0.15, -0.1) is 11.8 Å². The van der Waals surface area contributed by atoms with Crippen LogP contribution in [0.4, 0.5) is 5.69 Å². The number of nitrogens with zero attached hydrogens (tertiary/aromatic N) is 1. The summed E-state index contributed by atoms with van der Waals surface area (Å²) in [4.78, 5) is 27.0. The first-order valence-electron chi connectivity index (χ1n) is 6.97. The fraction of sp³-hybridized carbons (Fsp3) is 0.375. The monoisotopic (exact) mass is 304 g/mol. The number of hydrogen-bond acceptors (Lipinski definition) is 3. The standard InChI is InChI=1S/C16H20N2O2S/c1-5-18(9-10(2)3)16(20)12-6-7-14-13(8-12)17-15(19)11(4)21-14/h6-8,11H,2,5,9H2,1,3-4H3,(H,17,19). The van der Waals surface area contributed by atoms with Crippen LogP contribution in [0.25, 0.3) is 0 Å². The molecule has 21 heavy (non-hydrogen) atoms. The van der Waals surface area contributed by atoms with Crippen LogP contribution in [0, 0.1) is 0 Å². The third kappa shape index (κ3) is 3.47. The van der Waals surface area contributed by atoms with Crippen LogP contribution in [-0.4, -0.2) is 35.1 Å². The van der Waals surface area contributed by atoms with Gasteiger partial charge in [0.1, 0.15) is 0 Å². The first-order valence-corrected chi connectivity index (χ1v) is 7.85. The molecular formula is C16H20N2O2S. The van der Waals surface area contributed by atoms with E-state index >= 15 is 0 Å². The molecule has 1 atom stereocenters. The summed E-state index contributed by atoms with van der Waals surface area (Å²) in [7, 11) is 0. The SMILES string of the molecule is C=C(C)CN(CC)C(=O)c1ccc2c(c1)NC(=O)C(C)S2. The molecule has 1 N–H and O–H groups in total. The lowest BCUT2D eigenvalue weighted by Gasteiger charge is -2.24. The summed E-state index contributed by atoms with van der Waals surface area (Å²) in [6, 6.07) is 5.48. The van der Waals surface area contributed by atoms with Crippen molar-refractivity contribution < 1.29 is 9.59 Å². The molecule has 5 heteroatoms. The van der Waals surface area contributed by atoms with Gasteiger partial charge in [-0.3, -0.25) is 9.59 Å². The second kappa shape index (κ2) is 6.35. The molecule has 1 heterocycles. The average Bonchev–Trinajstić information content (AvgIpc) is 2.44. The zero-order valence-electron chi connectivity index (χ0n) is 12.6. The number of fused-ring (bicyclic) bond motifs is 1. The summed E-state index contributed by atoms with van der Waals surface area (Å²) in [6.07, 6.45) is 0. The van der Waals surface area contributed by atoms with E-state index in [2.05, 4.69) is 11.9 Å². The first-order chi connectivity index (χ1) is 9.92. The lowest BCUT2D eigenvalue weighted by Crippen LogP contribution is -2.32. The smallest absolute Gasteiger partial charge is 0.254 e. The third-order valence-corrected chi connectivity index (χ3v) is 4.46. The van der Waals surface area contributed by atoms with Gasteiger partial charge in [-0.25, -0.2) is 0 Å². The number of nitrogens with one attached hydrogen (secondary N) is 1. The van der Waals surface area contributed by atoms with Gasteiger partial charge in [0.05, 0.1) is 10.9 Å². The van der Waals surface area contributed by atoms with Crippen molar-refractivity contribution in [2.45, 2.75) is 30.9 Å². The molecule has 1 unspecified atom stereocenters. The van der Waals surface area contributed by atoms with Gasteiger partial charge in [-0.1, -0.05) is 12.2 Å². The first kappa shape index (κ1) is 15.6. The van der Waals surface area contributed by atoms with Crippen molar-refractivity contribution in [2.75, 3.05) is 18.4 Å². The second-order valence-corrected chi connectivity index (χ2v) is 6.62. The van der Waals surface area contributed by atoms with E-state index in [1.165, 1.54) is 11.8 Å². The average molecular weight is 304 g/mol. The van der Waals surface area contributed by atoms with Crippen molar-refractivity contribution in [1.29, 1.82) is 0 Å². The number of carbonyl (C=O) groups excluding carboxylic acids is 2. The molecule has 1 aliphatic heterocycles. The molecule has 2 amide bonds. The molecule has 0 bridgehead atoms. The van der Waals surface area contributed by atoms with Crippen molar-refractivity contribution in [3.8, 4) is 0 Å². The number of benzene rings is 1. The van der Waals surface area contributed by atoms with E-state index < -0.39 is 0 Å². The van der Waals surface area contributed by atoms with E-state index in [4.69, 9.17) is 0 Å². The predicted octanol–water partition coefficient (Wildman–Crippen LogP) is 3.16. The number of rotatable bonds is 4. The van der Waals surface area contributed by atoms with Crippen LogP contribution in [-0.2, 0) is 4.79 Å². The Morgan fingerprint density at radius 3 is 2.81 bits per heavy atom. The summed E-state index contributed by atoms with van der Waals surface area (Å²) >= 11 is 1.51. The van der Waals surface area contributed by atoms with Gasteiger partial charge in [0.2, 0.25) is 5.91 Å². The Morgan fingerprint density at radius 1 is 1.48 bits per heavy atom. The fourth-order valence-corrected chi connectivity index (χ4v) is 3.11. The summed E-state index contributed by atoms with van der Waals surface area (Å²) in [5, 5.41) is 2.75. The van der Waals surface area contributed by atoms with Gasteiger partial charge in [0.15, 0.2) is 0 Å². The van der Waals surface area contributed by atoms with E-state index in [1.807, 2.05) is 32.9 Å². The molecule has 0 radical (unpaired) electrons. The van der Waals surface area contributed by atoms with Gasteiger partial charge in [0, 0.05) is 23.5 Å². The minimum absolute atomic E-state index is 0.0219. The molecule has 2 rings (SSSR count). The van der Waals surface area contributed by atoms with Crippen molar-refractivity contribution in [2.24, 2.45) is 0 Å². The van der Waals surface area contributed by atoms with Crippen LogP contribution in [0.5, 0.6) is 0 Å². The molecule has 112 valence electrons. The largest absolute Gasteiger partial charge is 0.335 e. The molecule has 1 aromatic carbocycles. The summed E-state index contributed by atoms with van der Waals surface area (Å²) < 4.78 is 0. The fourth-order valence-electron chi connectivity index (χ4n) is 2.18. The maximum atomic E-state index is 12.5. The van der Waals surface area contributed by atoms with Gasteiger partial charge in [0.25, 0.3) is 5.91 Å². The number of thioether (sulfide) groups is 1. The van der Waals surface area contributed by atoms with Crippen molar-refractivity contribution in [3.05, 3.63) is 35.9 Å². The highest BCUT2D eigenvalue weighted by Gasteiger charge is 2.24. The van der Waals surface area contributed by atoms with E-state index in [-0.39, 0.29) is 17.1 Å². The molecular weight excluding hydrogens is 284 g/mol. The van der Waals surface area contributed by atoms with Crippen LogP contribution in [0.3, 0.4) is 0 Å². The highest BCUT2D eigenvalue weighted by molar-refractivity contribution is 8.00. The topological polar surface area (TPSA) is 49.4 Å². The highest BCUT2D eigenvalue weighted by Crippen LogP contribution is 2.36. The maximum Gasteiger partial charge on any atom is 0.254 e. The highest BCUT2D eigenvalue weighted by atomic mass is 32.2. The minimum Gasteiger partial charge on any atom is -0.335 e. The number of likely N-dealkylation sites (N-methyl/N-ethyl adjacent to an activating group) is 1. The second-order valence-electron chi connectivity index (χ2n) is 5.24. The molecule has 1 aliphatic rings. The van der Waals surface area contributed by atoms with Gasteiger partial charge < -0.3 is 10.2 Å². The lowest BCUT2D eigenvalue weighted by atomic mass is 10.1. The number of amides is 2. The Hall–Kier alpha value is -1.75. The lowest BCUT2D eigenvalue weighted by molar-refractivity contribution is -0.115. The number of carbonyl (C=O) groups is 2. The molecule has 0 saturated heterocycles. The number of hydrogen-bond donors (Lipinski definition) is 1. The predicted molar refractivity (Wildman–Crippen MR) is 86.8 cm³/mol. The maximum absolute atomic E-state index is 12.5. The molecule has 0 aliphatic carbocycles. The Labute approximate surface area is 129 Å². The summed E-state index contributed by atoms with van der Waals surface area (Å²) in [5.41, 5.74) is 2.26. The Balaban J connectivity index is 2.25. The van der Waals surface area contributed by atoms with Crippen molar-refractivity contribution in [1.82, 2.24) is 4.90 Å². The van der Waals surface area contributed by atoms with E-state index in [1.54, 1.807) is 11.0 Å². The number of anilines is 1. The normalized spacial score (nSPS) is 16.9. The molecule has 0 spiro atoms. The van der Waals surface area contributed by atoms with Crippen LogP contribution in [0.2, 0.25) is 0 Å². The third-order valence-electron chi connectivity index (χ3n) is 3.29. The molecule has 0 fully saturated rings.